The van der Waals surface area contributed by atoms with Gasteiger partial charge in [-0.25, -0.2) is 0 Å². The molecule has 4 aliphatic heterocycles. The molecule has 3 saturated heterocycles. The van der Waals surface area contributed by atoms with Crippen LogP contribution in [0.15, 0.2) is 23.5 Å². The number of ether oxygens (including phenoxy) is 5. The van der Waals surface area contributed by atoms with Gasteiger partial charge in [0.2, 0.25) is 5.79 Å². The van der Waals surface area contributed by atoms with E-state index < -0.39 is 51.0 Å². The van der Waals surface area contributed by atoms with E-state index in [0.29, 0.717) is 31.4 Å². The van der Waals surface area contributed by atoms with Crippen molar-refractivity contribution in [3.8, 4) is 0 Å². The number of allylic oxidation sites excluding steroid dienone is 1. The fourth-order valence-electron chi connectivity index (χ4n) is 10.4. The Balaban J connectivity index is 1.25. The average Bonchev–Trinajstić information content (AvgIpc) is 3.00. The van der Waals surface area contributed by atoms with E-state index in [1.807, 2.05) is 13.8 Å². The Hall–Kier alpha value is -1.34. The molecule has 0 unspecified atom stereocenters. The zero-order valence-electron chi connectivity index (χ0n) is 25.3. The first kappa shape index (κ1) is 29.4. The van der Waals surface area contributed by atoms with Gasteiger partial charge in [0.05, 0.1) is 37.6 Å². The van der Waals surface area contributed by atoms with Gasteiger partial charge in [0, 0.05) is 18.3 Å². The van der Waals surface area contributed by atoms with Gasteiger partial charge in [-0.15, -0.1) is 0 Å². The van der Waals surface area contributed by atoms with E-state index in [1.165, 1.54) is 5.57 Å². The number of hydrogen-bond donors (Lipinski definition) is 1. The van der Waals surface area contributed by atoms with Crippen molar-refractivity contribution >= 4 is 15.9 Å². The van der Waals surface area contributed by atoms with Crippen LogP contribution < -0.4 is 0 Å². The van der Waals surface area contributed by atoms with Crippen molar-refractivity contribution in [1.82, 2.24) is 0 Å². The SMILES string of the molecule is C=C1C(=O)[C@@]23[C@@H]4OC(C)(C)O[C@@]25OC[C@]2(C6=C(CC[C@H](OCCCCOS(C)(=O)=O)O6)CC(C)(C)[C@H]2[C@@H]5O)[C@@H]3CC[C@@H]14. The summed E-state index contributed by atoms with van der Waals surface area (Å²) in [5.74, 6) is -2.48. The highest BCUT2D eigenvalue weighted by Crippen LogP contribution is 2.80. The number of aliphatic hydroxyl groups is 1. The zero-order valence-corrected chi connectivity index (χ0v) is 26.1. The molecule has 8 rings (SSSR count). The molecule has 0 aromatic heterocycles. The molecule has 3 spiro atoms. The van der Waals surface area contributed by atoms with Crippen molar-refractivity contribution in [2.45, 2.75) is 103 Å². The third kappa shape index (κ3) is 3.64. The Morgan fingerprint density at radius 3 is 2.57 bits per heavy atom. The molecule has 6 fully saturated rings. The molecule has 10 nitrogen and oxygen atoms in total. The minimum Gasteiger partial charge on any atom is -0.469 e. The highest BCUT2D eigenvalue weighted by atomic mass is 32.2. The Labute approximate surface area is 248 Å². The molecular weight excluding hydrogens is 564 g/mol. The van der Waals surface area contributed by atoms with Crippen LogP contribution in [-0.2, 0) is 42.8 Å². The maximum atomic E-state index is 14.5. The molecule has 0 amide bonds. The lowest BCUT2D eigenvalue weighted by atomic mass is 9.36. The van der Waals surface area contributed by atoms with Gasteiger partial charge < -0.3 is 28.8 Å². The number of rotatable bonds is 7. The summed E-state index contributed by atoms with van der Waals surface area (Å²) < 4.78 is 60.2. The molecule has 4 heterocycles. The van der Waals surface area contributed by atoms with Crippen molar-refractivity contribution in [1.29, 1.82) is 0 Å². The lowest BCUT2D eigenvalue weighted by Gasteiger charge is -2.77. The molecule has 11 heteroatoms. The van der Waals surface area contributed by atoms with E-state index >= 15 is 0 Å². The van der Waals surface area contributed by atoms with Gasteiger partial charge in [-0.2, -0.15) is 8.42 Å². The Morgan fingerprint density at radius 1 is 1.10 bits per heavy atom. The second-order valence-electron chi connectivity index (χ2n) is 14.7. The van der Waals surface area contributed by atoms with Gasteiger partial charge in [-0.1, -0.05) is 20.4 Å². The van der Waals surface area contributed by atoms with Gasteiger partial charge in [0.25, 0.3) is 10.1 Å². The molecule has 0 aromatic rings. The van der Waals surface area contributed by atoms with Crippen LogP contribution in [0.2, 0.25) is 0 Å². The van der Waals surface area contributed by atoms with Crippen LogP contribution in [0, 0.1) is 34.0 Å². The van der Waals surface area contributed by atoms with Crippen LogP contribution in [0.25, 0.3) is 0 Å². The molecule has 9 atom stereocenters. The van der Waals surface area contributed by atoms with Crippen molar-refractivity contribution in [2.75, 3.05) is 26.1 Å². The molecular formula is C31H44O10S. The monoisotopic (exact) mass is 608 g/mol. The van der Waals surface area contributed by atoms with Gasteiger partial charge >= 0.3 is 0 Å². The van der Waals surface area contributed by atoms with Crippen molar-refractivity contribution in [3.63, 3.8) is 0 Å². The minimum atomic E-state index is -3.46. The molecule has 0 aromatic carbocycles. The Bertz CT molecular complexity index is 1350. The van der Waals surface area contributed by atoms with Crippen molar-refractivity contribution in [2.24, 2.45) is 34.0 Å². The standard InChI is InChI=1S/C31H44O10S/c1-17-19-10-11-20-29-16-37-31(30(20,23(17)32)26(19)40-28(4,5)41-31)24(33)22(29)27(2,3)15-18-9-12-21(39-25(18)29)36-13-7-8-14-38-42(6,34)35/h19-22,24,26,33H,1,7-16H2,2-6H3/t19-,20-,21+,22+,24-,26+,29-,30-,31+/m0/s1. The maximum Gasteiger partial charge on any atom is 0.264 e. The summed E-state index contributed by atoms with van der Waals surface area (Å²) >= 11 is 0. The van der Waals surface area contributed by atoms with Crippen LogP contribution in [-0.4, -0.2) is 75.5 Å². The van der Waals surface area contributed by atoms with E-state index in [2.05, 4.69) is 20.4 Å². The summed E-state index contributed by atoms with van der Waals surface area (Å²) in [5, 5.41) is 12.5. The van der Waals surface area contributed by atoms with Crippen LogP contribution in [0.3, 0.4) is 0 Å². The van der Waals surface area contributed by atoms with Crippen LogP contribution in [0.4, 0.5) is 0 Å². The summed E-state index contributed by atoms with van der Waals surface area (Å²) in [6.45, 7) is 13.1. The summed E-state index contributed by atoms with van der Waals surface area (Å²) in [4.78, 5) is 14.5. The van der Waals surface area contributed by atoms with E-state index in [1.54, 1.807) is 0 Å². The van der Waals surface area contributed by atoms with Gasteiger partial charge in [0.1, 0.15) is 17.3 Å². The third-order valence-electron chi connectivity index (χ3n) is 11.4. The molecule has 8 aliphatic rings. The second-order valence-corrected chi connectivity index (χ2v) is 16.4. The molecule has 42 heavy (non-hydrogen) atoms. The smallest absolute Gasteiger partial charge is 0.264 e. The van der Waals surface area contributed by atoms with Crippen molar-refractivity contribution in [3.05, 3.63) is 23.5 Å². The number of fused-ring (bicyclic) bond motifs is 1. The number of carbonyl (C=O) groups excluding carboxylic acids is 1. The molecule has 1 N–H and O–H groups in total. The molecule has 0 radical (unpaired) electrons. The normalized spacial score (nSPS) is 46.1. The van der Waals surface area contributed by atoms with Crippen LogP contribution >= 0.6 is 0 Å². The summed E-state index contributed by atoms with van der Waals surface area (Å²) in [7, 11) is -3.46. The molecule has 3 saturated carbocycles. The van der Waals surface area contributed by atoms with Crippen LogP contribution in [0.1, 0.15) is 72.6 Å². The Kier molecular flexibility index (Phi) is 6.37. The van der Waals surface area contributed by atoms with Crippen LogP contribution in [0.5, 0.6) is 0 Å². The quantitative estimate of drug-likeness (QED) is 0.260. The first-order chi connectivity index (χ1) is 19.6. The zero-order chi connectivity index (χ0) is 30.1. The summed E-state index contributed by atoms with van der Waals surface area (Å²) in [6, 6.07) is 0. The van der Waals surface area contributed by atoms with E-state index in [9.17, 15) is 18.3 Å². The Morgan fingerprint density at radius 2 is 1.83 bits per heavy atom. The third-order valence-corrected chi connectivity index (χ3v) is 12.0. The summed E-state index contributed by atoms with van der Waals surface area (Å²) in [5.41, 5.74) is -0.501. The van der Waals surface area contributed by atoms with Gasteiger partial charge in [-0.3, -0.25) is 8.98 Å². The van der Waals surface area contributed by atoms with Gasteiger partial charge in [0.15, 0.2) is 17.9 Å². The number of unbranched alkanes of at least 4 members (excludes halogenated alkanes) is 1. The number of hydrogen-bond acceptors (Lipinski definition) is 10. The van der Waals surface area contributed by atoms with E-state index in [4.69, 9.17) is 27.9 Å². The predicted octanol–water partition coefficient (Wildman–Crippen LogP) is 3.59. The second kappa shape index (κ2) is 9.11. The first-order valence-electron chi connectivity index (χ1n) is 15.4. The van der Waals surface area contributed by atoms with E-state index in [0.717, 1.165) is 37.7 Å². The van der Waals surface area contributed by atoms with E-state index in [-0.39, 0.29) is 42.2 Å². The fraction of sp³-hybridized carbons (Fsp3) is 0.839. The number of Topliss-reactive ketones (excluding diaryl/α,β-unsaturated/α-hetero) is 1. The average molecular weight is 609 g/mol. The molecule has 234 valence electrons. The fourth-order valence-corrected chi connectivity index (χ4v) is 10.8. The minimum absolute atomic E-state index is 0.0995. The van der Waals surface area contributed by atoms with Crippen molar-refractivity contribution < 1.29 is 46.2 Å². The highest BCUT2D eigenvalue weighted by Gasteiger charge is 2.90. The van der Waals surface area contributed by atoms with Gasteiger partial charge in [-0.05, 0) is 74.9 Å². The maximum absolute atomic E-state index is 14.5. The first-order valence-corrected chi connectivity index (χ1v) is 17.2. The molecule has 4 aliphatic carbocycles. The lowest BCUT2D eigenvalue weighted by Crippen LogP contribution is -2.87. The predicted molar refractivity (Wildman–Crippen MR) is 149 cm³/mol. The largest absolute Gasteiger partial charge is 0.469 e. The highest BCUT2D eigenvalue weighted by molar-refractivity contribution is 7.85. The number of carbonyl (C=O) groups is 1. The number of ketones is 1. The number of aliphatic hydroxyl groups excluding tert-OH is 1. The topological polar surface area (TPSA) is 127 Å². The molecule has 4 bridgehead atoms. The summed E-state index contributed by atoms with van der Waals surface area (Å²) in [6.07, 6.45) is 3.95. The lowest BCUT2D eigenvalue weighted by molar-refractivity contribution is -0.527.